The lowest BCUT2D eigenvalue weighted by atomic mass is 10.1. The first-order valence-corrected chi connectivity index (χ1v) is 5.19. The van der Waals surface area contributed by atoms with Crippen LogP contribution in [-0.2, 0) is 12.6 Å². The van der Waals surface area contributed by atoms with Crippen LogP contribution in [0, 0.1) is 6.92 Å². The van der Waals surface area contributed by atoms with Crippen molar-refractivity contribution in [3.63, 3.8) is 0 Å². The van der Waals surface area contributed by atoms with Crippen molar-refractivity contribution in [1.82, 2.24) is 14.5 Å². The lowest BCUT2D eigenvalue weighted by Crippen LogP contribution is -2.18. The molecule has 1 fully saturated rings. The molecule has 2 aromatic heterocycles. The third-order valence-corrected chi connectivity index (χ3v) is 3.30. The molecular formula is C11H14N4. The fourth-order valence-corrected chi connectivity index (χ4v) is 1.88. The van der Waals surface area contributed by atoms with Crippen LogP contribution in [0.2, 0.25) is 0 Å². The Morgan fingerprint density at radius 2 is 2.20 bits per heavy atom. The molecule has 15 heavy (non-hydrogen) atoms. The van der Waals surface area contributed by atoms with Gasteiger partial charge in [-0.1, -0.05) is 0 Å². The predicted octanol–water partition coefficient (Wildman–Crippen LogP) is 1.22. The van der Waals surface area contributed by atoms with Crippen molar-refractivity contribution >= 4 is 11.2 Å². The van der Waals surface area contributed by atoms with Crippen LogP contribution in [0.25, 0.3) is 11.2 Å². The summed E-state index contributed by atoms with van der Waals surface area (Å²) in [5.41, 5.74) is 9.01. The average Bonchev–Trinajstić information content (AvgIpc) is 2.90. The van der Waals surface area contributed by atoms with Gasteiger partial charge in [0.25, 0.3) is 0 Å². The van der Waals surface area contributed by atoms with Gasteiger partial charge in [-0.05, 0) is 31.4 Å². The Balaban J connectivity index is 2.22. The molecule has 0 aliphatic heterocycles. The highest BCUT2D eigenvalue weighted by Gasteiger charge is 2.40. The van der Waals surface area contributed by atoms with E-state index in [9.17, 15) is 0 Å². The molecule has 1 saturated carbocycles. The minimum atomic E-state index is -0.118. The first-order chi connectivity index (χ1) is 7.10. The number of rotatable bonds is 1. The summed E-state index contributed by atoms with van der Waals surface area (Å²) in [6, 6.07) is 2.07. The monoisotopic (exact) mass is 202 g/mol. The zero-order chi connectivity index (χ0) is 10.6. The summed E-state index contributed by atoms with van der Waals surface area (Å²) < 4.78 is 2.00. The van der Waals surface area contributed by atoms with Gasteiger partial charge in [-0.25, -0.2) is 9.97 Å². The zero-order valence-corrected chi connectivity index (χ0v) is 8.99. The smallest absolute Gasteiger partial charge is 0.159 e. The number of pyridine rings is 1. The molecule has 0 amide bonds. The number of fused-ring (bicyclic) bond motifs is 1. The van der Waals surface area contributed by atoms with Crippen LogP contribution in [0.3, 0.4) is 0 Å². The van der Waals surface area contributed by atoms with Gasteiger partial charge in [-0.2, -0.15) is 0 Å². The Kier molecular flexibility index (Phi) is 1.52. The minimum Gasteiger partial charge on any atom is -0.321 e. The summed E-state index contributed by atoms with van der Waals surface area (Å²) in [4.78, 5) is 8.89. The lowest BCUT2D eigenvalue weighted by molar-refractivity contribution is 0.736. The van der Waals surface area contributed by atoms with Crippen LogP contribution in [0.15, 0.2) is 12.3 Å². The molecule has 3 rings (SSSR count). The van der Waals surface area contributed by atoms with Crippen LogP contribution in [0.4, 0.5) is 0 Å². The molecule has 2 heterocycles. The molecule has 0 aromatic carbocycles. The van der Waals surface area contributed by atoms with Crippen LogP contribution in [-0.4, -0.2) is 14.5 Å². The van der Waals surface area contributed by atoms with Gasteiger partial charge in [0.2, 0.25) is 0 Å². The van der Waals surface area contributed by atoms with E-state index in [0.717, 1.165) is 35.4 Å². The summed E-state index contributed by atoms with van der Waals surface area (Å²) in [5, 5.41) is 0. The van der Waals surface area contributed by atoms with Crippen molar-refractivity contribution in [3.05, 3.63) is 23.7 Å². The van der Waals surface area contributed by atoms with E-state index in [1.165, 1.54) is 0 Å². The lowest BCUT2D eigenvalue weighted by Gasteiger charge is -2.07. The Labute approximate surface area is 88.1 Å². The molecule has 2 aromatic rings. The molecular weight excluding hydrogens is 188 g/mol. The van der Waals surface area contributed by atoms with E-state index < -0.39 is 0 Å². The first kappa shape index (κ1) is 8.85. The Morgan fingerprint density at radius 3 is 2.87 bits per heavy atom. The number of nitrogens with zero attached hydrogens (tertiary/aromatic N) is 3. The summed E-state index contributed by atoms with van der Waals surface area (Å²) in [5.74, 6) is 0.983. The highest BCUT2D eigenvalue weighted by Crippen LogP contribution is 2.42. The van der Waals surface area contributed by atoms with Gasteiger partial charge in [0.1, 0.15) is 11.3 Å². The van der Waals surface area contributed by atoms with E-state index >= 15 is 0 Å². The molecule has 0 atom stereocenters. The number of aromatic nitrogens is 3. The Hall–Kier alpha value is -1.42. The third-order valence-electron chi connectivity index (χ3n) is 3.30. The van der Waals surface area contributed by atoms with Crippen molar-refractivity contribution in [2.75, 3.05) is 0 Å². The highest BCUT2D eigenvalue weighted by atomic mass is 15.1. The average molecular weight is 202 g/mol. The van der Waals surface area contributed by atoms with Gasteiger partial charge in [0, 0.05) is 18.8 Å². The maximum atomic E-state index is 6.13. The first-order valence-electron chi connectivity index (χ1n) is 5.19. The van der Waals surface area contributed by atoms with E-state index in [1.807, 2.05) is 24.7 Å². The second-order valence-electron chi connectivity index (χ2n) is 4.44. The maximum Gasteiger partial charge on any atom is 0.159 e. The number of aryl methyl sites for hydroxylation is 2. The summed E-state index contributed by atoms with van der Waals surface area (Å²) in [7, 11) is 1.98. The zero-order valence-electron chi connectivity index (χ0n) is 8.99. The van der Waals surface area contributed by atoms with Crippen molar-refractivity contribution in [2.24, 2.45) is 12.8 Å². The fraction of sp³-hybridized carbons (Fsp3) is 0.455. The van der Waals surface area contributed by atoms with Crippen LogP contribution in [0.1, 0.15) is 24.2 Å². The van der Waals surface area contributed by atoms with Crippen molar-refractivity contribution in [3.8, 4) is 0 Å². The minimum absolute atomic E-state index is 0.118. The number of imidazole rings is 1. The molecule has 0 saturated heterocycles. The molecule has 0 spiro atoms. The maximum absolute atomic E-state index is 6.13. The van der Waals surface area contributed by atoms with Crippen LogP contribution >= 0.6 is 0 Å². The van der Waals surface area contributed by atoms with Gasteiger partial charge in [0.15, 0.2) is 5.65 Å². The third kappa shape index (κ3) is 1.18. The Bertz CT molecular complexity index is 537. The molecule has 2 N–H and O–H groups in total. The van der Waals surface area contributed by atoms with Gasteiger partial charge in [-0.3, -0.25) is 0 Å². The van der Waals surface area contributed by atoms with Crippen LogP contribution in [0.5, 0.6) is 0 Å². The summed E-state index contributed by atoms with van der Waals surface area (Å²) in [6.07, 6.45) is 4.01. The molecule has 78 valence electrons. The molecule has 0 bridgehead atoms. The molecule has 0 unspecified atom stereocenters. The molecule has 1 aliphatic carbocycles. The largest absolute Gasteiger partial charge is 0.321 e. The number of hydrogen-bond donors (Lipinski definition) is 1. The standard InChI is InChI=1S/C11H14N4/c1-7-14-9-5-8(11(12)3-4-11)6-13-10(9)15(7)2/h5-6H,3-4,12H2,1-2H3. The topological polar surface area (TPSA) is 56.7 Å². The quantitative estimate of drug-likeness (QED) is 0.756. The van der Waals surface area contributed by atoms with E-state index in [-0.39, 0.29) is 5.54 Å². The van der Waals surface area contributed by atoms with Crippen molar-refractivity contribution in [1.29, 1.82) is 0 Å². The van der Waals surface area contributed by atoms with Crippen molar-refractivity contribution < 1.29 is 0 Å². The van der Waals surface area contributed by atoms with Gasteiger partial charge in [-0.15, -0.1) is 0 Å². The molecule has 4 nitrogen and oxygen atoms in total. The second kappa shape index (κ2) is 2.58. The SMILES string of the molecule is Cc1nc2cc(C3(N)CC3)cnc2n1C. The Morgan fingerprint density at radius 1 is 1.47 bits per heavy atom. The molecule has 0 radical (unpaired) electrons. The van der Waals surface area contributed by atoms with E-state index in [4.69, 9.17) is 5.73 Å². The fourth-order valence-electron chi connectivity index (χ4n) is 1.88. The van der Waals surface area contributed by atoms with E-state index in [2.05, 4.69) is 16.0 Å². The summed E-state index contributed by atoms with van der Waals surface area (Å²) >= 11 is 0. The summed E-state index contributed by atoms with van der Waals surface area (Å²) in [6.45, 7) is 1.98. The second-order valence-corrected chi connectivity index (χ2v) is 4.44. The van der Waals surface area contributed by atoms with Crippen molar-refractivity contribution in [2.45, 2.75) is 25.3 Å². The van der Waals surface area contributed by atoms with Gasteiger partial charge < -0.3 is 10.3 Å². The van der Waals surface area contributed by atoms with Crippen LogP contribution < -0.4 is 5.73 Å². The molecule has 1 aliphatic rings. The molecule has 4 heteroatoms. The normalized spacial score (nSPS) is 18.3. The van der Waals surface area contributed by atoms with E-state index in [1.54, 1.807) is 0 Å². The highest BCUT2D eigenvalue weighted by molar-refractivity contribution is 5.72. The number of nitrogens with two attached hydrogens (primary N) is 1. The van der Waals surface area contributed by atoms with Gasteiger partial charge in [0.05, 0.1) is 0 Å². The number of hydrogen-bond acceptors (Lipinski definition) is 3. The van der Waals surface area contributed by atoms with E-state index in [0.29, 0.717) is 0 Å². The predicted molar refractivity (Wildman–Crippen MR) is 58.3 cm³/mol. The van der Waals surface area contributed by atoms with Gasteiger partial charge >= 0.3 is 0 Å².